The number of ether oxygens (including phenoxy) is 2. The molecule has 0 aliphatic carbocycles. The summed E-state index contributed by atoms with van der Waals surface area (Å²) in [5.41, 5.74) is 6.54. The number of aromatic amines is 1. The van der Waals surface area contributed by atoms with Crippen molar-refractivity contribution in [3.05, 3.63) is 41.7 Å². The molecular weight excluding hydrogens is 320 g/mol. The fourth-order valence-corrected chi connectivity index (χ4v) is 3.21. The minimum absolute atomic E-state index is 0.298. The summed E-state index contributed by atoms with van der Waals surface area (Å²) < 4.78 is 11.2. The third-order valence-electron chi connectivity index (χ3n) is 4.53. The number of amides is 1. The van der Waals surface area contributed by atoms with Crippen LogP contribution in [0.15, 0.2) is 30.3 Å². The van der Waals surface area contributed by atoms with E-state index in [1.165, 1.54) is 0 Å². The van der Waals surface area contributed by atoms with Crippen LogP contribution in [0.4, 0.5) is 0 Å². The van der Waals surface area contributed by atoms with Crippen LogP contribution in [0.2, 0.25) is 0 Å². The van der Waals surface area contributed by atoms with Crippen molar-refractivity contribution in [3.63, 3.8) is 0 Å². The van der Waals surface area contributed by atoms with Crippen molar-refractivity contribution >= 4 is 5.91 Å². The highest BCUT2D eigenvalue weighted by Crippen LogP contribution is 2.27. The van der Waals surface area contributed by atoms with E-state index in [0.717, 1.165) is 49.7 Å². The van der Waals surface area contributed by atoms with Crippen LogP contribution in [-0.4, -0.2) is 54.4 Å². The van der Waals surface area contributed by atoms with E-state index in [4.69, 9.17) is 15.2 Å². The Morgan fingerprint density at radius 2 is 2.20 bits per heavy atom. The number of carbonyl (C=O) groups excluding carboxylic acids is 1. The average Bonchev–Trinajstić information content (AvgIpc) is 3.13. The molecule has 0 bridgehead atoms. The van der Waals surface area contributed by atoms with Gasteiger partial charge in [-0.05, 0) is 37.6 Å². The second-order valence-corrected chi connectivity index (χ2v) is 6.21. The monoisotopic (exact) mass is 344 g/mol. The highest BCUT2D eigenvalue weighted by Gasteiger charge is 2.23. The Morgan fingerprint density at radius 1 is 1.40 bits per heavy atom. The molecule has 0 spiro atoms. The van der Waals surface area contributed by atoms with Gasteiger partial charge in [0.1, 0.15) is 12.3 Å². The van der Waals surface area contributed by atoms with Crippen LogP contribution >= 0.6 is 0 Å². The summed E-state index contributed by atoms with van der Waals surface area (Å²) in [6.45, 7) is 3.40. The van der Waals surface area contributed by atoms with E-state index in [1.807, 2.05) is 24.3 Å². The van der Waals surface area contributed by atoms with Gasteiger partial charge in [0.25, 0.3) is 5.91 Å². The maximum atomic E-state index is 11.2. The summed E-state index contributed by atoms with van der Waals surface area (Å²) in [4.78, 5) is 13.6. The summed E-state index contributed by atoms with van der Waals surface area (Å²) >= 11 is 0. The molecule has 1 fully saturated rings. The molecule has 3 N–H and O–H groups in total. The first kappa shape index (κ1) is 17.3. The van der Waals surface area contributed by atoms with Crippen molar-refractivity contribution in [3.8, 4) is 11.5 Å². The highest BCUT2D eigenvalue weighted by atomic mass is 16.5. The molecular formula is C18H24N4O3. The maximum Gasteiger partial charge on any atom is 0.269 e. The first-order valence-corrected chi connectivity index (χ1v) is 8.50. The molecule has 1 amide bonds. The molecule has 134 valence electrons. The van der Waals surface area contributed by atoms with Gasteiger partial charge in [-0.15, -0.1) is 0 Å². The number of nitrogens with two attached hydrogens (primary N) is 1. The SMILES string of the molecule is COc1ccccc1OCCN1CCCC(c2cc(C(N)=O)n[nH]2)C1. The highest BCUT2D eigenvalue weighted by molar-refractivity contribution is 5.90. The number of primary amides is 1. The van der Waals surface area contributed by atoms with Crippen molar-refractivity contribution in [1.29, 1.82) is 0 Å². The predicted molar refractivity (Wildman–Crippen MR) is 94.0 cm³/mol. The maximum absolute atomic E-state index is 11.2. The molecule has 1 aromatic carbocycles. The Balaban J connectivity index is 1.52. The van der Waals surface area contributed by atoms with Gasteiger partial charge in [-0.1, -0.05) is 12.1 Å². The van der Waals surface area contributed by atoms with Crippen LogP contribution in [0.1, 0.15) is 34.9 Å². The summed E-state index contributed by atoms with van der Waals surface area (Å²) in [7, 11) is 1.64. The number of hydrogen-bond acceptors (Lipinski definition) is 5. The zero-order valence-electron chi connectivity index (χ0n) is 14.4. The lowest BCUT2D eigenvalue weighted by Crippen LogP contribution is -2.37. The van der Waals surface area contributed by atoms with Crippen LogP contribution in [-0.2, 0) is 0 Å². The van der Waals surface area contributed by atoms with E-state index in [-0.39, 0.29) is 0 Å². The Bertz CT molecular complexity index is 716. The lowest BCUT2D eigenvalue weighted by Gasteiger charge is -2.32. The number of aromatic nitrogens is 2. The lowest BCUT2D eigenvalue weighted by molar-refractivity contribution is 0.0995. The fourth-order valence-electron chi connectivity index (χ4n) is 3.21. The van der Waals surface area contributed by atoms with Crippen LogP contribution in [0.25, 0.3) is 0 Å². The molecule has 2 heterocycles. The summed E-state index contributed by atoms with van der Waals surface area (Å²) in [6.07, 6.45) is 2.18. The first-order valence-electron chi connectivity index (χ1n) is 8.50. The molecule has 1 atom stereocenters. The normalized spacial score (nSPS) is 18.0. The summed E-state index contributed by atoms with van der Waals surface area (Å²) in [5.74, 6) is 1.34. The summed E-state index contributed by atoms with van der Waals surface area (Å²) in [5, 5.41) is 6.93. The smallest absolute Gasteiger partial charge is 0.269 e. The Labute approximate surface area is 147 Å². The number of H-pyrrole nitrogens is 1. The van der Waals surface area contributed by atoms with Gasteiger partial charge >= 0.3 is 0 Å². The molecule has 1 saturated heterocycles. The molecule has 1 aliphatic heterocycles. The van der Waals surface area contributed by atoms with Gasteiger partial charge < -0.3 is 15.2 Å². The number of para-hydroxylation sites is 2. The molecule has 1 aromatic heterocycles. The molecule has 0 radical (unpaired) electrons. The van der Waals surface area contributed by atoms with E-state index in [1.54, 1.807) is 13.2 Å². The number of nitrogens with one attached hydrogen (secondary N) is 1. The quantitative estimate of drug-likeness (QED) is 0.798. The zero-order chi connectivity index (χ0) is 17.6. The van der Waals surface area contributed by atoms with Crippen molar-refractivity contribution in [2.45, 2.75) is 18.8 Å². The van der Waals surface area contributed by atoms with Crippen LogP contribution < -0.4 is 15.2 Å². The fraction of sp³-hybridized carbons (Fsp3) is 0.444. The number of piperidine rings is 1. The molecule has 2 aromatic rings. The van der Waals surface area contributed by atoms with Gasteiger partial charge in [-0.2, -0.15) is 5.10 Å². The minimum Gasteiger partial charge on any atom is -0.493 e. The van der Waals surface area contributed by atoms with Gasteiger partial charge in [-0.25, -0.2) is 0 Å². The Hall–Kier alpha value is -2.54. The first-order chi connectivity index (χ1) is 12.2. The standard InChI is InChI=1S/C18H24N4O3/c1-24-16-6-2-3-7-17(16)25-10-9-22-8-4-5-13(12-22)14-11-15(18(19)23)21-20-14/h2-3,6-7,11,13H,4-5,8-10,12H2,1H3,(H2,19,23)(H,20,21). The van der Waals surface area contributed by atoms with E-state index in [0.29, 0.717) is 18.2 Å². The lowest BCUT2D eigenvalue weighted by atomic mass is 9.94. The minimum atomic E-state index is -0.500. The topological polar surface area (TPSA) is 93.5 Å². The molecule has 1 aliphatic rings. The van der Waals surface area contributed by atoms with Crippen molar-refractivity contribution in [2.24, 2.45) is 5.73 Å². The molecule has 0 saturated carbocycles. The Kier molecular flexibility index (Phi) is 5.55. The third kappa shape index (κ3) is 4.30. The molecule has 7 nitrogen and oxygen atoms in total. The van der Waals surface area contributed by atoms with E-state index < -0.39 is 5.91 Å². The van der Waals surface area contributed by atoms with Crippen LogP contribution in [0.3, 0.4) is 0 Å². The number of benzene rings is 1. The largest absolute Gasteiger partial charge is 0.493 e. The van der Waals surface area contributed by atoms with E-state index >= 15 is 0 Å². The van der Waals surface area contributed by atoms with Crippen molar-refractivity contribution in [1.82, 2.24) is 15.1 Å². The average molecular weight is 344 g/mol. The summed E-state index contributed by atoms with van der Waals surface area (Å²) in [6, 6.07) is 9.42. The van der Waals surface area contributed by atoms with Crippen molar-refractivity contribution < 1.29 is 14.3 Å². The molecule has 7 heteroatoms. The van der Waals surface area contributed by atoms with Crippen LogP contribution in [0, 0.1) is 0 Å². The van der Waals surface area contributed by atoms with Gasteiger partial charge in [-0.3, -0.25) is 14.8 Å². The second-order valence-electron chi connectivity index (χ2n) is 6.21. The molecule has 3 rings (SSSR count). The number of hydrogen-bond donors (Lipinski definition) is 2. The van der Waals surface area contributed by atoms with Crippen LogP contribution in [0.5, 0.6) is 11.5 Å². The second kappa shape index (κ2) is 8.02. The van der Waals surface area contributed by atoms with Gasteiger partial charge in [0.2, 0.25) is 0 Å². The van der Waals surface area contributed by atoms with E-state index in [9.17, 15) is 4.79 Å². The van der Waals surface area contributed by atoms with Gasteiger partial charge in [0, 0.05) is 24.7 Å². The zero-order valence-corrected chi connectivity index (χ0v) is 14.4. The van der Waals surface area contributed by atoms with Gasteiger partial charge in [0.05, 0.1) is 7.11 Å². The number of carbonyl (C=O) groups is 1. The molecule has 1 unspecified atom stereocenters. The number of methoxy groups -OCH3 is 1. The predicted octanol–water partition coefficient (Wildman–Crippen LogP) is 1.78. The molecule has 25 heavy (non-hydrogen) atoms. The van der Waals surface area contributed by atoms with Gasteiger partial charge in [0.15, 0.2) is 11.5 Å². The number of nitrogens with zero attached hydrogens (tertiary/aromatic N) is 2. The number of rotatable bonds is 7. The van der Waals surface area contributed by atoms with E-state index in [2.05, 4.69) is 15.1 Å². The number of likely N-dealkylation sites (tertiary alicyclic amines) is 1. The Morgan fingerprint density at radius 3 is 2.92 bits per heavy atom. The van der Waals surface area contributed by atoms with Crippen molar-refractivity contribution in [2.75, 3.05) is 33.4 Å². The third-order valence-corrected chi connectivity index (χ3v) is 4.53.